The molecule has 0 saturated carbocycles. The Bertz CT molecular complexity index is 903. The molecule has 1 N–H and O–H groups in total. The van der Waals surface area contributed by atoms with Crippen LogP contribution in [0.25, 0.3) is 0 Å². The van der Waals surface area contributed by atoms with Gasteiger partial charge in [0, 0.05) is 4.88 Å². The van der Waals surface area contributed by atoms with Gasteiger partial charge in [-0.2, -0.15) is 5.10 Å². The smallest absolute Gasteiger partial charge is 0.341 e. The molecule has 0 fully saturated rings. The number of rotatable bonds is 6. The summed E-state index contributed by atoms with van der Waals surface area (Å²) in [5, 5.41) is 7.93. The van der Waals surface area contributed by atoms with E-state index in [0.29, 0.717) is 10.6 Å². The molecule has 3 rings (SSSR count). The number of hydrogen-bond acceptors (Lipinski definition) is 5. The average molecular weight is 468 g/mol. The van der Waals surface area contributed by atoms with Crippen molar-refractivity contribution in [3.63, 3.8) is 0 Å². The van der Waals surface area contributed by atoms with Crippen LogP contribution in [-0.4, -0.2) is 27.8 Å². The number of thiophene rings is 1. The number of nitrogens with zero attached hydrogens (tertiary/aromatic N) is 2. The quantitative estimate of drug-likeness (QED) is 0.619. The van der Waals surface area contributed by atoms with E-state index in [4.69, 9.17) is 4.74 Å². The Morgan fingerprint density at radius 3 is 2.68 bits per heavy atom. The van der Waals surface area contributed by atoms with E-state index in [1.54, 1.807) is 4.68 Å². The number of esters is 1. The Hall–Kier alpha value is -1.67. The van der Waals surface area contributed by atoms with Crippen molar-refractivity contribution in [1.82, 2.24) is 9.78 Å². The molecular formula is C20H26BrN3O3S. The van der Waals surface area contributed by atoms with Crippen molar-refractivity contribution in [3.05, 3.63) is 31.9 Å². The Kier molecular flexibility index (Phi) is 6.60. The van der Waals surface area contributed by atoms with Gasteiger partial charge in [0.05, 0.1) is 27.5 Å². The number of ether oxygens (including phenoxy) is 1. The zero-order valence-electron chi connectivity index (χ0n) is 16.7. The van der Waals surface area contributed by atoms with Crippen LogP contribution in [-0.2, 0) is 28.9 Å². The van der Waals surface area contributed by atoms with Gasteiger partial charge >= 0.3 is 5.97 Å². The van der Waals surface area contributed by atoms with E-state index >= 15 is 0 Å². The van der Waals surface area contributed by atoms with Crippen LogP contribution in [0.15, 0.2) is 4.47 Å². The summed E-state index contributed by atoms with van der Waals surface area (Å²) in [4.78, 5) is 26.7. The maximum absolute atomic E-state index is 12.8. The molecule has 1 aliphatic carbocycles. The van der Waals surface area contributed by atoms with E-state index in [9.17, 15) is 9.59 Å². The zero-order valence-corrected chi connectivity index (χ0v) is 19.1. The summed E-state index contributed by atoms with van der Waals surface area (Å²) in [5.41, 5.74) is 3.33. The number of anilines is 1. The van der Waals surface area contributed by atoms with Crippen molar-refractivity contribution < 1.29 is 14.3 Å². The highest BCUT2D eigenvalue weighted by atomic mass is 79.9. The minimum Gasteiger partial charge on any atom is -0.459 e. The van der Waals surface area contributed by atoms with Crippen LogP contribution < -0.4 is 5.32 Å². The number of fused-ring (bicyclic) bond motifs is 1. The molecule has 0 spiro atoms. The molecule has 152 valence electrons. The molecule has 1 atom stereocenters. The Morgan fingerprint density at radius 2 is 2.04 bits per heavy atom. The van der Waals surface area contributed by atoms with Crippen LogP contribution in [0, 0.1) is 13.8 Å². The van der Waals surface area contributed by atoms with Crippen molar-refractivity contribution in [2.24, 2.45) is 0 Å². The summed E-state index contributed by atoms with van der Waals surface area (Å²) >= 11 is 4.99. The first-order valence-electron chi connectivity index (χ1n) is 9.66. The fraction of sp³-hybridized carbons (Fsp3) is 0.550. The Morgan fingerprint density at radius 1 is 1.32 bits per heavy atom. The minimum absolute atomic E-state index is 0.0979. The Balaban J connectivity index is 1.84. The fourth-order valence-corrected chi connectivity index (χ4v) is 4.90. The third-order valence-corrected chi connectivity index (χ3v) is 7.45. The molecule has 8 heteroatoms. The van der Waals surface area contributed by atoms with Crippen LogP contribution in [0.4, 0.5) is 5.00 Å². The van der Waals surface area contributed by atoms with Gasteiger partial charge in [0.2, 0.25) is 5.91 Å². The average Bonchev–Trinajstić information content (AvgIpc) is 3.13. The summed E-state index contributed by atoms with van der Waals surface area (Å²) in [5.74, 6) is -0.535. The molecule has 0 bridgehead atoms. The van der Waals surface area contributed by atoms with Crippen LogP contribution in [0.2, 0.25) is 0 Å². The van der Waals surface area contributed by atoms with Gasteiger partial charge in [-0.1, -0.05) is 6.92 Å². The second kappa shape index (κ2) is 8.78. The lowest BCUT2D eigenvalue weighted by molar-refractivity contribution is -0.116. The maximum atomic E-state index is 12.8. The highest BCUT2D eigenvalue weighted by molar-refractivity contribution is 9.10. The molecular weight excluding hydrogens is 442 g/mol. The first kappa shape index (κ1) is 21.0. The molecule has 1 amide bonds. The third kappa shape index (κ3) is 4.33. The van der Waals surface area contributed by atoms with Crippen LogP contribution in [0.5, 0.6) is 0 Å². The predicted molar refractivity (Wildman–Crippen MR) is 114 cm³/mol. The summed E-state index contributed by atoms with van der Waals surface area (Å²) in [7, 11) is 0. The SMILES string of the molecule is CCC(C)OC(=O)c1c(NC(=O)Cn2nc(C)c(Br)c2C)sc2c1CCCC2. The molecule has 0 saturated heterocycles. The number of amides is 1. The molecule has 0 aromatic carbocycles. The van der Waals surface area contributed by atoms with E-state index in [1.807, 2.05) is 27.7 Å². The van der Waals surface area contributed by atoms with Crippen LogP contribution in [0.3, 0.4) is 0 Å². The lowest BCUT2D eigenvalue weighted by Crippen LogP contribution is -2.22. The number of carbonyl (C=O) groups is 2. The van der Waals surface area contributed by atoms with E-state index in [-0.39, 0.29) is 24.5 Å². The number of aryl methyl sites for hydroxylation is 2. The number of aromatic nitrogens is 2. The highest BCUT2D eigenvalue weighted by Crippen LogP contribution is 2.38. The number of carbonyl (C=O) groups excluding carboxylic acids is 2. The first-order valence-corrected chi connectivity index (χ1v) is 11.3. The normalized spacial score (nSPS) is 14.5. The zero-order chi connectivity index (χ0) is 20.4. The highest BCUT2D eigenvalue weighted by Gasteiger charge is 2.28. The van der Waals surface area contributed by atoms with Gasteiger partial charge in [0.1, 0.15) is 11.5 Å². The predicted octanol–water partition coefficient (Wildman–Crippen LogP) is 4.80. The lowest BCUT2D eigenvalue weighted by atomic mass is 9.95. The van der Waals surface area contributed by atoms with Gasteiger partial charge in [-0.25, -0.2) is 4.79 Å². The fourth-order valence-electron chi connectivity index (χ4n) is 3.33. The second-order valence-electron chi connectivity index (χ2n) is 7.23. The topological polar surface area (TPSA) is 73.2 Å². The van der Waals surface area contributed by atoms with Gasteiger partial charge in [-0.15, -0.1) is 11.3 Å². The van der Waals surface area contributed by atoms with Gasteiger partial charge < -0.3 is 10.1 Å². The Labute approximate surface area is 177 Å². The van der Waals surface area contributed by atoms with Crippen molar-refractivity contribution in [2.75, 3.05) is 5.32 Å². The summed E-state index contributed by atoms with van der Waals surface area (Å²) in [6.45, 7) is 7.77. The minimum atomic E-state index is -0.335. The maximum Gasteiger partial charge on any atom is 0.341 e. The lowest BCUT2D eigenvalue weighted by Gasteiger charge is -2.15. The number of nitrogens with one attached hydrogen (secondary N) is 1. The largest absolute Gasteiger partial charge is 0.459 e. The van der Waals surface area contributed by atoms with E-state index in [1.165, 1.54) is 16.2 Å². The molecule has 1 unspecified atom stereocenters. The molecule has 2 aromatic heterocycles. The van der Waals surface area contributed by atoms with Crippen molar-refractivity contribution in [2.45, 2.75) is 72.4 Å². The van der Waals surface area contributed by atoms with Crippen LogP contribution in [0.1, 0.15) is 65.3 Å². The standard InChI is InChI=1S/C20H26BrN3O3S/c1-5-11(2)27-20(26)17-14-8-6-7-9-15(14)28-19(17)22-16(25)10-24-13(4)18(21)12(3)23-24/h11H,5-10H2,1-4H3,(H,22,25). The van der Waals surface area contributed by atoms with Crippen molar-refractivity contribution in [1.29, 1.82) is 0 Å². The molecule has 6 nitrogen and oxygen atoms in total. The van der Waals surface area contributed by atoms with Crippen LogP contribution >= 0.6 is 27.3 Å². The molecule has 0 aliphatic heterocycles. The number of halogens is 1. The van der Waals surface area contributed by atoms with E-state index in [0.717, 1.165) is 53.5 Å². The summed E-state index contributed by atoms with van der Waals surface area (Å²) < 4.78 is 8.15. The van der Waals surface area contributed by atoms with Gasteiger partial charge in [0.25, 0.3) is 0 Å². The summed E-state index contributed by atoms with van der Waals surface area (Å²) in [6, 6.07) is 0. The van der Waals surface area contributed by atoms with Crippen molar-refractivity contribution >= 4 is 44.1 Å². The van der Waals surface area contributed by atoms with Gasteiger partial charge in [-0.05, 0) is 74.4 Å². The second-order valence-corrected chi connectivity index (χ2v) is 9.13. The molecule has 28 heavy (non-hydrogen) atoms. The molecule has 0 radical (unpaired) electrons. The molecule has 1 aliphatic rings. The van der Waals surface area contributed by atoms with Gasteiger partial charge in [-0.3, -0.25) is 9.48 Å². The third-order valence-electron chi connectivity index (χ3n) is 5.10. The van der Waals surface area contributed by atoms with Gasteiger partial charge in [0.15, 0.2) is 0 Å². The van der Waals surface area contributed by atoms with E-state index < -0.39 is 0 Å². The van der Waals surface area contributed by atoms with E-state index in [2.05, 4.69) is 26.3 Å². The monoisotopic (exact) mass is 467 g/mol. The number of hydrogen-bond donors (Lipinski definition) is 1. The first-order chi connectivity index (χ1) is 13.3. The van der Waals surface area contributed by atoms with Crippen molar-refractivity contribution in [3.8, 4) is 0 Å². The summed E-state index contributed by atoms with van der Waals surface area (Å²) in [6.07, 6.45) is 4.58. The molecule has 2 aromatic rings. The molecule has 2 heterocycles.